The average molecular weight is 252 g/mol. The summed E-state index contributed by atoms with van der Waals surface area (Å²) < 4.78 is 5.68. The monoisotopic (exact) mass is 252 g/mol. The zero-order valence-electron chi connectivity index (χ0n) is 11.5. The van der Waals surface area contributed by atoms with E-state index in [0.29, 0.717) is 5.92 Å². The van der Waals surface area contributed by atoms with Gasteiger partial charge < -0.3 is 15.2 Å². The molecule has 0 spiro atoms. The smallest absolute Gasteiger partial charge is 0.168 e. The molecule has 18 heavy (non-hydrogen) atoms. The molecule has 0 amide bonds. The van der Waals surface area contributed by atoms with Crippen molar-refractivity contribution in [1.82, 2.24) is 4.98 Å². The van der Waals surface area contributed by atoms with Crippen LogP contribution < -0.4 is 10.1 Å². The molecule has 4 nitrogen and oxygen atoms in total. The number of anilines is 1. The number of rotatable bonds is 8. The molecule has 0 fully saturated rings. The number of aromatic nitrogens is 1. The lowest BCUT2D eigenvalue weighted by molar-refractivity contribution is 0.229. The van der Waals surface area contributed by atoms with Crippen LogP contribution >= 0.6 is 0 Å². The first kappa shape index (κ1) is 14.8. The van der Waals surface area contributed by atoms with E-state index in [-0.39, 0.29) is 12.7 Å². The van der Waals surface area contributed by atoms with Crippen molar-refractivity contribution >= 4 is 5.82 Å². The zero-order valence-corrected chi connectivity index (χ0v) is 11.5. The van der Waals surface area contributed by atoms with Gasteiger partial charge in [0.2, 0.25) is 0 Å². The highest BCUT2D eigenvalue weighted by Crippen LogP contribution is 2.22. The molecule has 1 aromatic heterocycles. The maximum absolute atomic E-state index is 8.94. The van der Waals surface area contributed by atoms with Crippen LogP contribution in [0.5, 0.6) is 5.75 Å². The minimum atomic E-state index is 0.143. The summed E-state index contributed by atoms with van der Waals surface area (Å²) in [4.78, 5) is 4.28. The molecule has 102 valence electrons. The Morgan fingerprint density at radius 1 is 1.39 bits per heavy atom. The Balaban J connectivity index is 2.41. The number of pyridine rings is 1. The van der Waals surface area contributed by atoms with Crippen LogP contribution in [0.15, 0.2) is 18.3 Å². The standard InChI is InChI=1S/C14H24N2O2/c1-11(2)18-13-7-5-9-16-14(13)15-8-4-6-12(3)10-17/h5,7,9,11-12,17H,4,6,8,10H2,1-3H3,(H,15,16). The van der Waals surface area contributed by atoms with Gasteiger partial charge in [-0.25, -0.2) is 4.98 Å². The summed E-state index contributed by atoms with van der Waals surface area (Å²) in [6.45, 7) is 7.15. The first-order valence-corrected chi connectivity index (χ1v) is 6.60. The SMILES string of the molecule is CC(CO)CCCNc1ncccc1OC(C)C. The number of hydrogen-bond donors (Lipinski definition) is 2. The van der Waals surface area contributed by atoms with Gasteiger partial charge in [0.05, 0.1) is 6.10 Å². The minimum absolute atomic E-state index is 0.143. The van der Waals surface area contributed by atoms with Gasteiger partial charge in [-0.2, -0.15) is 0 Å². The van der Waals surface area contributed by atoms with Crippen LogP contribution in [0.25, 0.3) is 0 Å². The van der Waals surface area contributed by atoms with Crippen molar-refractivity contribution in [2.24, 2.45) is 5.92 Å². The molecule has 0 aliphatic rings. The highest BCUT2D eigenvalue weighted by atomic mass is 16.5. The topological polar surface area (TPSA) is 54.4 Å². The van der Waals surface area contributed by atoms with E-state index >= 15 is 0 Å². The lowest BCUT2D eigenvalue weighted by atomic mass is 10.1. The van der Waals surface area contributed by atoms with Gasteiger partial charge in [0.25, 0.3) is 0 Å². The molecule has 0 aliphatic carbocycles. The van der Waals surface area contributed by atoms with Crippen molar-refractivity contribution < 1.29 is 9.84 Å². The Kier molecular flexibility index (Phi) is 6.50. The van der Waals surface area contributed by atoms with E-state index in [1.807, 2.05) is 32.9 Å². The summed E-state index contributed by atoms with van der Waals surface area (Å²) in [5.74, 6) is 1.95. The summed E-state index contributed by atoms with van der Waals surface area (Å²) in [6, 6.07) is 3.79. The van der Waals surface area contributed by atoms with Gasteiger partial charge in [-0.3, -0.25) is 0 Å². The molecule has 0 saturated carbocycles. The second-order valence-corrected chi connectivity index (χ2v) is 4.87. The van der Waals surface area contributed by atoms with E-state index in [0.717, 1.165) is 31.0 Å². The van der Waals surface area contributed by atoms with Crippen LogP contribution in [0.3, 0.4) is 0 Å². The molecule has 0 radical (unpaired) electrons. The largest absolute Gasteiger partial charge is 0.487 e. The summed E-state index contributed by atoms with van der Waals surface area (Å²) in [5, 5.41) is 12.2. The third-order valence-corrected chi connectivity index (χ3v) is 2.61. The third kappa shape index (κ3) is 5.36. The Hall–Kier alpha value is -1.29. The fourth-order valence-electron chi connectivity index (χ4n) is 1.62. The van der Waals surface area contributed by atoms with Crippen molar-refractivity contribution in [1.29, 1.82) is 0 Å². The second kappa shape index (κ2) is 7.93. The molecule has 1 unspecified atom stereocenters. The van der Waals surface area contributed by atoms with E-state index in [1.165, 1.54) is 0 Å². The van der Waals surface area contributed by atoms with Crippen molar-refractivity contribution in [2.45, 2.75) is 39.7 Å². The quantitative estimate of drug-likeness (QED) is 0.698. The van der Waals surface area contributed by atoms with Crippen LogP contribution in [0.4, 0.5) is 5.82 Å². The highest BCUT2D eigenvalue weighted by molar-refractivity contribution is 5.49. The number of ether oxygens (including phenoxy) is 1. The lowest BCUT2D eigenvalue weighted by Gasteiger charge is -2.14. The van der Waals surface area contributed by atoms with E-state index in [1.54, 1.807) is 6.20 Å². The predicted octanol–water partition coefficient (Wildman–Crippen LogP) is 2.69. The van der Waals surface area contributed by atoms with Crippen molar-refractivity contribution in [3.63, 3.8) is 0 Å². The Morgan fingerprint density at radius 3 is 2.83 bits per heavy atom. The minimum Gasteiger partial charge on any atom is -0.487 e. The molecule has 1 heterocycles. The number of nitrogens with zero attached hydrogens (tertiary/aromatic N) is 1. The average Bonchev–Trinajstić information content (AvgIpc) is 2.35. The highest BCUT2D eigenvalue weighted by Gasteiger charge is 2.06. The molecule has 0 saturated heterocycles. The molecule has 0 aliphatic heterocycles. The first-order valence-electron chi connectivity index (χ1n) is 6.60. The van der Waals surface area contributed by atoms with E-state index in [4.69, 9.17) is 9.84 Å². The molecule has 1 rings (SSSR count). The summed E-state index contributed by atoms with van der Waals surface area (Å²) in [5.41, 5.74) is 0. The molecular weight excluding hydrogens is 228 g/mol. The fraction of sp³-hybridized carbons (Fsp3) is 0.643. The van der Waals surface area contributed by atoms with Crippen LogP contribution in [-0.2, 0) is 0 Å². The maximum atomic E-state index is 8.94. The predicted molar refractivity (Wildman–Crippen MR) is 74.0 cm³/mol. The van der Waals surface area contributed by atoms with Gasteiger partial charge in [0.1, 0.15) is 0 Å². The Labute approximate surface area is 109 Å². The fourth-order valence-corrected chi connectivity index (χ4v) is 1.62. The van der Waals surface area contributed by atoms with Gasteiger partial charge in [0.15, 0.2) is 11.6 Å². The van der Waals surface area contributed by atoms with Crippen LogP contribution in [0.1, 0.15) is 33.6 Å². The van der Waals surface area contributed by atoms with E-state index in [9.17, 15) is 0 Å². The number of nitrogens with one attached hydrogen (secondary N) is 1. The molecule has 1 aromatic rings. The van der Waals surface area contributed by atoms with E-state index in [2.05, 4.69) is 10.3 Å². The van der Waals surface area contributed by atoms with Crippen LogP contribution in [-0.4, -0.2) is 29.3 Å². The normalized spacial score (nSPS) is 12.5. The molecular formula is C14H24N2O2. The molecule has 0 bridgehead atoms. The first-order chi connectivity index (χ1) is 8.63. The van der Waals surface area contributed by atoms with Crippen molar-refractivity contribution in [3.8, 4) is 5.75 Å². The van der Waals surface area contributed by atoms with Gasteiger partial charge in [0, 0.05) is 19.3 Å². The summed E-state index contributed by atoms with van der Waals surface area (Å²) >= 11 is 0. The summed E-state index contributed by atoms with van der Waals surface area (Å²) in [7, 11) is 0. The van der Waals surface area contributed by atoms with E-state index < -0.39 is 0 Å². The van der Waals surface area contributed by atoms with Gasteiger partial charge >= 0.3 is 0 Å². The Morgan fingerprint density at radius 2 is 2.17 bits per heavy atom. The van der Waals surface area contributed by atoms with Gasteiger partial charge in [-0.15, -0.1) is 0 Å². The molecule has 2 N–H and O–H groups in total. The summed E-state index contributed by atoms with van der Waals surface area (Å²) in [6.07, 6.45) is 3.92. The number of hydrogen-bond acceptors (Lipinski definition) is 4. The lowest BCUT2D eigenvalue weighted by Crippen LogP contribution is -2.11. The Bertz CT molecular complexity index is 342. The van der Waals surface area contributed by atoms with Crippen LogP contribution in [0.2, 0.25) is 0 Å². The van der Waals surface area contributed by atoms with Gasteiger partial charge in [-0.1, -0.05) is 6.92 Å². The van der Waals surface area contributed by atoms with Crippen molar-refractivity contribution in [2.75, 3.05) is 18.5 Å². The van der Waals surface area contributed by atoms with Gasteiger partial charge in [-0.05, 0) is 44.7 Å². The molecule has 0 aromatic carbocycles. The van der Waals surface area contributed by atoms with Crippen LogP contribution in [0, 0.1) is 5.92 Å². The molecule has 1 atom stereocenters. The number of aliphatic hydroxyl groups excluding tert-OH is 1. The third-order valence-electron chi connectivity index (χ3n) is 2.61. The number of aliphatic hydroxyl groups is 1. The zero-order chi connectivity index (χ0) is 13.4. The maximum Gasteiger partial charge on any atom is 0.168 e. The second-order valence-electron chi connectivity index (χ2n) is 4.87. The van der Waals surface area contributed by atoms with Crippen molar-refractivity contribution in [3.05, 3.63) is 18.3 Å². The molecule has 4 heteroatoms.